The summed E-state index contributed by atoms with van der Waals surface area (Å²) < 4.78 is 6.44. The largest absolute Gasteiger partial charge is 0.394 e. The summed E-state index contributed by atoms with van der Waals surface area (Å²) in [6.07, 6.45) is 2.10. The lowest BCUT2D eigenvalue weighted by Gasteiger charge is -2.08. The lowest BCUT2D eigenvalue weighted by molar-refractivity contribution is 0.266. The van der Waals surface area contributed by atoms with Gasteiger partial charge in [0, 0.05) is 19.9 Å². The van der Waals surface area contributed by atoms with Gasteiger partial charge >= 0.3 is 0 Å². The van der Waals surface area contributed by atoms with Crippen molar-refractivity contribution in [2.24, 2.45) is 0 Å². The van der Waals surface area contributed by atoms with Gasteiger partial charge in [0.05, 0.1) is 25.0 Å². The lowest BCUT2D eigenvalue weighted by Crippen LogP contribution is -2.26. The van der Waals surface area contributed by atoms with Crippen LogP contribution in [0.15, 0.2) is 20.0 Å². The average molecular weight is 344 g/mol. The molecule has 0 saturated carbocycles. The molecule has 108 valence electrons. The van der Waals surface area contributed by atoms with Crippen molar-refractivity contribution in [1.82, 2.24) is 19.9 Å². The molecule has 0 spiro atoms. The number of hydrogen-bond donors (Lipinski definition) is 2. The Labute approximate surface area is 122 Å². The van der Waals surface area contributed by atoms with E-state index in [1.807, 2.05) is 0 Å². The Balaban J connectivity index is 1.99. The van der Waals surface area contributed by atoms with Crippen molar-refractivity contribution in [3.63, 3.8) is 0 Å². The summed E-state index contributed by atoms with van der Waals surface area (Å²) in [5.41, 5.74) is 0.295. The molecule has 0 atom stereocenters. The lowest BCUT2D eigenvalue weighted by atomic mass is 10.3. The van der Waals surface area contributed by atoms with Gasteiger partial charge in [-0.15, -0.1) is 0 Å². The van der Waals surface area contributed by atoms with E-state index < -0.39 is 0 Å². The summed E-state index contributed by atoms with van der Waals surface area (Å²) in [6, 6.07) is 0. The molecule has 2 rings (SSSR count). The van der Waals surface area contributed by atoms with Crippen LogP contribution < -0.4 is 10.9 Å². The van der Waals surface area contributed by atoms with Crippen molar-refractivity contribution in [3.05, 3.63) is 32.7 Å². The van der Waals surface area contributed by atoms with E-state index in [4.69, 9.17) is 9.63 Å². The zero-order valence-corrected chi connectivity index (χ0v) is 12.4. The van der Waals surface area contributed by atoms with Crippen LogP contribution in [0.2, 0.25) is 0 Å². The maximum absolute atomic E-state index is 11.9. The van der Waals surface area contributed by atoms with E-state index in [0.717, 1.165) is 0 Å². The topological polar surface area (TPSA) is 106 Å². The quantitative estimate of drug-likeness (QED) is 0.778. The van der Waals surface area contributed by atoms with E-state index in [9.17, 15) is 4.79 Å². The molecule has 9 heteroatoms. The molecule has 0 aliphatic rings. The number of aliphatic hydroxyl groups excluding tert-OH is 1. The Morgan fingerprint density at radius 3 is 3.00 bits per heavy atom. The molecule has 2 N–H and O–H groups in total. The molecule has 2 aromatic heterocycles. The van der Waals surface area contributed by atoms with Gasteiger partial charge in [-0.3, -0.25) is 4.79 Å². The number of aliphatic hydroxyl groups is 1. The van der Waals surface area contributed by atoms with Crippen molar-refractivity contribution in [1.29, 1.82) is 0 Å². The molecule has 2 heterocycles. The number of halogens is 1. The Morgan fingerprint density at radius 1 is 1.55 bits per heavy atom. The van der Waals surface area contributed by atoms with E-state index in [0.29, 0.717) is 34.8 Å². The first-order valence-electron chi connectivity index (χ1n) is 6.01. The number of rotatable bonds is 6. The summed E-state index contributed by atoms with van der Waals surface area (Å²) in [5.74, 6) is 1.13. The van der Waals surface area contributed by atoms with Gasteiger partial charge in [0.2, 0.25) is 5.89 Å². The molecule has 20 heavy (non-hydrogen) atoms. The zero-order valence-electron chi connectivity index (χ0n) is 10.8. The van der Waals surface area contributed by atoms with Crippen LogP contribution in [0.5, 0.6) is 0 Å². The highest BCUT2D eigenvalue weighted by atomic mass is 79.9. The van der Waals surface area contributed by atoms with Crippen LogP contribution >= 0.6 is 15.9 Å². The van der Waals surface area contributed by atoms with Gasteiger partial charge in [0.15, 0.2) is 5.82 Å². The Bertz CT molecular complexity index is 639. The Kier molecular flexibility index (Phi) is 4.85. The normalized spacial score (nSPS) is 10.8. The minimum absolute atomic E-state index is 0.136. The van der Waals surface area contributed by atoms with Crippen LogP contribution in [-0.2, 0) is 13.0 Å². The third kappa shape index (κ3) is 3.42. The molecule has 0 aliphatic carbocycles. The first-order chi connectivity index (χ1) is 9.61. The van der Waals surface area contributed by atoms with E-state index in [1.54, 1.807) is 6.92 Å². The Morgan fingerprint density at radius 2 is 2.35 bits per heavy atom. The number of nitrogens with one attached hydrogen (secondary N) is 1. The van der Waals surface area contributed by atoms with Gasteiger partial charge in [0.25, 0.3) is 5.56 Å². The van der Waals surface area contributed by atoms with Crippen LogP contribution in [-0.4, -0.2) is 38.2 Å². The highest BCUT2D eigenvalue weighted by Gasteiger charge is 2.09. The average Bonchev–Trinajstić information content (AvgIpc) is 2.84. The molecular formula is C11H14BrN5O3. The summed E-state index contributed by atoms with van der Waals surface area (Å²) >= 11 is 3.22. The van der Waals surface area contributed by atoms with Crippen molar-refractivity contribution in [2.45, 2.75) is 19.9 Å². The Hall–Kier alpha value is -1.74. The molecule has 0 bridgehead atoms. The van der Waals surface area contributed by atoms with Gasteiger partial charge in [-0.05, 0) is 15.9 Å². The minimum Gasteiger partial charge on any atom is -0.394 e. The SMILES string of the molecule is Cc1nc(CCNc2cnn(CCO)c(=O)c2Br)no1. The van der Waals surface area contributed by atoms with Crippen molar-refractivity contribution < 1.29 is 9.63 Å². The van der Waals surface area contributed by atoms with Crippen LogP contribution in [0.25, 0.3) is 0 Å². The van der Waals surface area contributed by atoms with Gasteiger partial charge in [-0.2, -0.15) is 10.1 Å². The fraction of sp³-hybridized carbons (Fsp3) is 0.455. The number of nitrogens with zero attached hydrogens (tertiary/aromatic N) is 4. The second-order valence-corrected chi connectivity index (χ2v) is 4.82. The van der Waals surface area contributed by atoms with Gasteiger partial charge in [-0.1, -0.05) is 5.16 Å². The van der Waals surface area contributed by atoms with Crippen molar-refractivity contribution in [2.75, 3.05) is 18.5 Å². The van der Waals surface area contributed by atoms with E-state index in [2.05, 4.69) is 36.5 Å². The van der Waals surface area contributed by atoms with E-state index >= 15 is 0 Å². The smallest absolute Gasteiger partial charge is 0.283 e. The summed E-state index contributed by atoms with van der Waals surface area (Å²) in [7, 11) is 0. The molecule has 0 fully saturated rings. The van der Waals surface area contributed by atoms with Crippen LogP contribution in [0.1, 0.15) is 11.7 Å². The number of anilines is 1. The predicted octanol–water partition coefficient (Wildman–Crippen LogP) is 0.344. The van der Waals surface area contributed by atoms with Gasteiger partial charge in [0.1, 0.15) is 4.47 Å². The molecule has 0 saturated heterocycles. The summed E-state index contributed by atoms with van der Waals surface area (Å²) in [5, 5.41) is 19.6. The van der Waals surface area contributed by atoms with Crippen molar-refractivity contribution in [3.8, 4) is 0 Å². The van der Waals surface area contributed by atoms with E-state index in [-0.39, 0.29) is 18.7 Å². The first kappa shape index (κ1) is 14.7. The maximum atomic E-state index is 11.9. The van der Waals surface area contributed by atoms with Gasteiger partial charge in [-0.25, -0.2) is 4.68 Å². The molecule has 0 radical (unpaired) electrons. The second-order valence-electron chi connectivity index (χ2n) is 4.03. The molecule has 8 nitrogen and oxygen atoms in total. The monoisotopic (exact) mass is 343 g/mol. The molecule has 0 unspecified atom stereocenters. The van der Waals surface area contributed by atoms with Crippen molar-refractivity contribution >= 4 is 21.6 Å². The van der Waals surface area contributed by atoms with Crippen LogP contribution in [0.4, 0.5) is 5.69 Å². The zero-order chi connectivity index (χ0) is 14.5. The first-order valence-corrected chi connectivity index (χ1v) is 6.80. The third-order valence-electron chi connectivity index (χ3n) is 2.53. The van der Waals surface area contributed by atoms with Crippen LogP contribution in [0.3, 0.4) is 0 Å². The fourth-order valence-corrected chi connectivity index (χ4v) is 2.04. The molecule has 0 amide bonds. The fourth-order valence-electron chi connectivity index (χ4n) is 1.59. The number of aryl methyl sites for hydroxylation is 1. The number of aromatic nitrogens is 4. The third-order valence-corrected chi connectivity index (χ3v) is 3.30. The predicted molar refractivity (Wildman–Crippen MR) is 74.5 cm³/mol. The number of hydrogen-bond acceptors (Lipinski definition) is 7. The second kappa shape index (κ2) is 6.62. The molecule has 0 aromatic carbocycles. The molecular weight excluding hydrogens is 330 g/mol. The summed E-state index contributed by atoms with van der Waals surface area (Å²) in [4.78, 5) is 16.0. The molecule has 0 aliphatic heterocycles. The standard InChI is InChI=1S/C11H14BrN5O3/c1-7-15-9(16-20-7)2-3-13-8-6-14-17(4-5-18)11(19)10(8)12/h6,13,18H,2-5H2,1H3. The van der Waals surface area contributed by atoms with E-state index in [1.165, 1.54) is 10.9 Å². The maximum Gasteiger partial charge on any atom is 0.283 e. The summed E-state index contributed by atoms with van der Waals surface area (Å²) in [6.45, 7) is 2.30. The van der Waals surface area contributed by atoms with Gasteiger partial charge < -0.3 is 14.9 Å². The van der Waals surface area contributed by atoms with Crippen LogP contribution in [0, 0.1) is 6.92 Å². The highest BCUT2D eigenvalue weighted by Crippen LogP contribution is 2.15. The molecule has 2 aromatic rings. The minimum atomic E-state index is -0.292. The highest BCUT2D eigenvalue weighted by molar-refractivity contribution is 9.10.